The van der Waals surface area contributed by atoms with E-state index >= 15 is 0 Å². The lowest BCUT2D eigenvalue weighted by Crippen LogP contribution is -2.37. The van der Waals surface area contributed by atoms with Crippen molar-refractivity contribution in [3.05, 3.63) is 34.1 Å². The van der Waals surface area contributed by atoms with E-state index in [2.05, 4.69) is 21.4 Å². The zero-order valence-corrected chi connectivity index (χ0v) is 12.5. The van der Waals surface area contributed by atoms with E-state index < -0.39 is 0 Å². The maximum Gasteiger partial charge on any atom is 0.137 e. The number of nitrogens with one attached hydrogen (secondary N) is 1. The average molecular weight is 331 g/mol. The smallest absolute Gasteiger partial charge is 0.137 e. The minimum Gasteiger partial charge on any atom is -0.378 e. The van der Waals surface area contributed by atoms with Crippen LogP contribution in [0.3, 0.4) is 0 Å². The van der Waals surface area contributed by atoms with Gasteiger partial charge >= 0.3 is 0 Å². The quantitative estimate of drug-likeness (QED) is 0.622. The lowest BCUT2D eigenvalue weighted by molar-refractivity contribution is 0.0996. The summed E-state index contributed by atoms with van der Waals surface area (Å²) in [5, 5.41) is 0. The summed E-state index contributed by atoms with van der Waals surface area (Å²) in [6, 6.07) is 5.24. The van der Waals surface area contributed by atoms with Crippen molar-refractivity contribution in [1.29, 1.82) is 0 Å². The summed E-state index contributed by atoms with van der Waals surface area (Å²) in [4.78, 5) is 0. The highest BCUT2D eigenvalue weighted by Crippen LogP contribution is 2.23. The van der Waals surface area contributed by atoms with E-state index in [1.54, 1.807) is 6.07 Å². The topological polar surface area (TPSA) is 47.3 Å². The lowest BCUT2D eigenvalue weighted by Gasteiger charge is -2.18. The van der Waals surface area contributed by atoms with Crippen molar-refractivity contribution in [3.63, 3.8) is 0 Å². The molecular weight excluding hydrogens is 311 g/mol. The monoisotopic (exact) mass is 330 g/mol. The van der Waals surface area contributed by atoms with E-state index in [-0.39, 0.29) is 11.9 Å². The minimum absolute atomic E-state index is 0.141. The highest BCUT2D eigenvalue weighted by Gasteiger charge is 2.18. The van der Waals surface area contributed by atoms with Crippen molar-refractivity contribution in [2.24, 2.45) is 5.84 Å². The maximum absolute atomic E-state index is 13.4. The van der Waals surface area contributed by atoms with E-state index in [9.17, 15) is 4.39 Å². The molecule has 0 radical (unpaired) electrons. The molecule has 0 amide bonds. The van der Waals surface area contributed by atoms with Gasteiger partial charge in [-0.15, -0.1) is 0 Å². The molecule has 1 fully saturated rings. The Hall–Kier alpha value is -0.490. The highest BCUT2D eigenvalue weighted by atomic mass is 79.9. The van der Waals surface area contributed by atoms with Gasteiger partial charge in [0.25, 0.3) is 0 Å². The third-order valence-electron chi connectivity index (χ3n) is 3.59. The van der Waals surface area contributed by atoms with Crippen molar-refractivity contribution in [2.75, 3.05) is 6.61 Å². The molecule has 2 atom stereocenters. The molecule has 1 heterocycles. The summed E-state index contributed by atoms with van der Waals surface area (Å²) in [7, 11) is 0. The van der Waals surface area contributed by atoms with Crippen LogP contribution in [0.15, 0.2) is 22.7 Å². The van der Waals surface area contributed by atoms with E-state index in [1.807, 2.05) is 6.07 Å². The molecule has 0 spiro atoms. The summed E-state index contributed by atoms with van der Waals surface area (Å²) in [5.74, 6) is 5.36. The summed E-state index contributed by atoms with van der Waals surface area (Å²) < 4.78 is 19.6. The molecule has 0 aliphatic carbocycles. The number of hydrogen-bond donors (Lipinski definition) is 2. The molecule has 3 nitrogen and oxygen atoms in total. The first kappa shape index (κ1) is 14.9. The predicted octanol–water partition coefficient (Wildman–Crippen LogP) is 2.92. The summed E-state index contributed by atoms with van der Waals surface area (Å²) in [5.41, 5.74) is 3.76. The average Bonchev–Trinajstić information content (AvgIpc) is 2.92. The van der Waals surface area contributed by atoms with Gasteiger partial charge in [-0.2, -0.15) is 0 Å². The third-order valence-corrected chi connectivity index (χ3v) is 4.48. The molecule has 1 saturated heterocycles. The van der Waals surface area contributed by atoms with Crippen LogP contribution in [-0.4, -0.2) is 18.8 Å². The van der Waals surface area contributed by atoms with Crippen molar-refractivity contribution < 1.29 is 9.13 Å². The van der Waals surface area contributed by atoms with Gasteiger partial charge < -0.3 is 4.74 Å². The molecule has 5 heteroatoms. The van der Waals surface area contributed by atoms with Crippen LogP contribution in [0.1, 0.15) is 31.2 Å². The van der Waals surface area contributed by atoms with Gasteiger partial charge in [0, 0.05) is 12.6 Å². The summed E-state index contributed by atoms with van der Waals surface area (Å²) >= 11 is 3.29. The Morgan fingerprint density at radius 1 is 1.53 bits per heavy atom. The number of halogens is 2. The van der Waals surface area contributed by atoms with Crippen molar-refractivity contribution in [1.82, 2.24) is 5.43 Å². The third kappa shape index (κ3) is 4.24. The number of nitrogens with two attached hydrogens (primary N) is 1. The molecule has 0 bridgehead atoms. The second-order valence-electron chi connectivity index (χ2n) is 4.99. The molecule has 2 unspecified atom stereocenters. The van der Waals surface area contributed by atoms with Gasteiger partial charge in [0.15, 0.2) is 0 Å². The number of hydrazine groups is 1. The second-order valence-corrected chi connectivity index (χ2v) is 5.79. The van der Waals surface area contributed by atoms with E-state index in [0.29, 0.717) is 17.0 Å². The molecule has 0 aromatic heterocycles. The van der Waals surface area contributed by atoms with Crippen LogP contribution in [-0.2, 0) is 11.2 Å². The molecule has 3 N–H and O–H groups in total. The zero-order chi connectivity index (χ0) is 13.7. The second kappa shape index (κ2) is 7.33. The molecule has 0 saturated carbocycles. The molecule has 2 rings (SSSR count). The van der Waals surface area contributed by atoms with Gasteiger partial charge in [0.1, 0.15) is 5.82 Å². The Morgan fingerprint density at radius 2 is 2.37 bits per heavy atom. The first-order chi connectivity index (χ1) is 9.20. The van der Waals surface area contributed by atoms with Crippen LogP contribution in [0, 0.1) is 5.82 Å². The van der Waals surface area contributed by atoms with Gasteiger partial charge in [0.2, 0.25) is 0 Å². The predicted molar refractivity (Wildman–Crippen MR) is 77.1 cm³/mol. The minimum atomic E-state index is -0.229. The largest absolute Gasteiger partial charge is 0.378 e. The summed E-state index contributed by atoms with van der Waals surface area (Å²) in [6.07, 6.45) is 5.31. The van der Waals surface area contributed by atoms with E-state index in [4.69, 9.17) is 10.6 Å². The van der Waals surface area contributed by atoms with Gasteiger partial charge in [0.05, 0.1) is 10.6 Å². The van der Waals surface area contributed by atoms with Crippen molar-refractivity contribution in [2.45, 2.75) is 44.2 Å². The van der Waals surface area contributed by atoms with Crippen molar-refractivity contribution in [3.8, 4) is 0 Å². The number of ether oxygens (including phenoxy) is 1. The Bertz CT molecular complexity index is 410. The number of benzene rings is 1. The molecule has 1 aromatic carbocycles. The fourth-order valence-electron chi connectivity index (χ4n) is 2.47. The van der Waals surface area contributed by atoms with Crippen LogP contribution in [0.25, 0.3) is 0 Å². The van der Waals surface area contributed by atoms with Crippen LogP contribution in [0.5, 0.6) is 0 Å². The summed E-state index contributed by atoms with van der Waals surface area (Å²) in [6.45, 7) is 0.876. The fraction of sp³-hybridized carbons (Fsp3) is 0.571. The molecule has 106 valence electrons. The molecule has 1 aliphatic rings. The Kier molecular flexibility index (Phi) is 5.76. The molecule has 1 aromatic rings. The highest BCUT2D eigenvalue weighted by molar-refractivity contribution is 9.10. The van der Waals surface area contributed by atoms with E-state index in [0.717, 1.165) is 37.9 Å². The van der Waals surface area contributed by atoms with Crippen LogP contribution >= 0.6 is 15.9 Å². The number of rotatable bonds is 6. The number of hydrogen-bond acceptors (Lipinski definition) is 3. The van der Waals surface area contributed by atoms with Gasteiger partial charge in [-0.3, -0.25) is 11.3 Å². The normalized spacial score (nSPS) is 20.7. The fourth-order valence-corrected chi connectivity index (χ4v) is 2.90. The van der Waals surface area contributed by atoms with Gasteiger partial charge in [-0.05, 0) is 59.7 Å². The van der Waals surface area contributed by atoms with Gasteiger partial charge in [-0.25, -0.2) is 4.39 Å². The lowest BCUT2D eigenvalue weighted by atomic mass is 10.00. The SMILES string of the molecule is NNC(CCC1CCCO1)Cc1cccc(F)c1Br. The van der Waals surface area contributed by atoms with E-state index in [1.165, 1.54) is 6.07 Å². The Morgan fingerprint density at radius 3 is 3.05 bits per heavy atom. The van der Waals surface area contributed by atoms with Crippen LogP contribution in [0.2, 0.25) is 0 Å². The standard InChI is InChI=1S/C14H20BrFN2O/c15-14-10(3-1-5-13(14)16)9-11(18-17)6-7-12-4-2-8-19-12/h1,3,5,11-12,18H,2,4,6-9,17H2. The maximum atomic E-state index is 13.4. The Labute approximate surface area is 121 Å². The van der Waals surface area contributed by atoms with Crippen LogP contribution < -0.4 is 11.3 Å². The molecule has 1 aliphatic heterocycles. The zero-order valence-electron chi connectivity index (χ0n) is 10.9. The van der Waals surface area contributed by atoms with Crippen LogP contribution in [0.4, 0.5) is 4.39 Å². The van der Waals surface area contributed by atoms with Gasteiger partial charge in [-0.1, -0.05) is 12.1 Å². The Balaban J connectivity index is 1.88. The first-order valence-corrected chi connectivity index (χ1v) is 7.50. The molecule has 19 heavy (non-hydrogen) atoms. The first-order valence-electron chi connectivity index (χ1n) is 6.71. The molecular formula is C14H20BrFN2O. The van der Waals surface area contributed by atoms with Crippen molar-refractivity contribution >= 4 is 15.9 Å².